The van der Waals surface area contributed by atoms with Crippen molar-refractivity contribution >= 4 is 23.5 Å². The van der Waals surface area contributed by atoms with Crippen molar-refractivity contribution in [2.45, 2.75) is 6.54 Å². The van der Waals surface area contributed by atoms with Crippen molar-refractivity contribution in [3.63, 3.8) is 0 Å². The van der Waals surface area contributed by atoms with Gasteiger partial charge in [-0.25, -0.2) is 4.79 Å². The molecule has 0 bridgehead atoms. The molecule has 0 aliphatic carbocycles. The predicted molar refractivity (Wildman–Crippen MR) is 94.2 cm³/mol. The minimum absolute atomic E-state index is 0.151. The lowest BCUT2D eigenvalue weighted by Gasteiger charge is -2.33. The predicted octanol–water partition coefficient (Wildman–Crippen LogP) is 0.703. The number of aromatic nitrogens is 2. The molecule has 26 heavy (non-hydrogen) atoms. The normalized spacial score (nSPS) is 15.7. The lowest BCUT2D eigenvalue weighted by molar-refractivity contribution is -0.121. The summed E-state index contributed by atoms with van der Waals surface area (Å²) in [5.41, 5.74) is 5.77. The zero-order valence-corrected chi connectivity index (χ0v) is 14.8. The Hall–Kier alpha value is -2.49. The van der Waals surface area contributed by atoms with Gasteiger partial charge in [0, 0.05) is 36.8 Å². The summed E-state index contributed by atoms with van der Waals surface area (Å²) in [5, 5.41) is 6.72. The number of hydrogen-bond donors (Lipinski definition) is 2. The average molecular weight is 379 g/mol. The smallest absolute Gasteiger partial charge is 0.318 e. The van der Waals surface area contributed by atoms with E-state index in [9.17, 15) is 9.59 Å². The van der Waals surface area contributed by atoms with Crippen molar-refractivity contribution in [2.75, 3.05) is 32.7 Å². The van der Waals surface area contributed by atoms with Crippen molar-refractivity contribution in [1.82, 2.24) is 25.3 Å². The molecule has 1 fully saturated rings. The Balaban J connectivity index is 1.48. The first-order valence-corrected chi connectivity index (χ1v) is 8.50. The summed E-state index contributed by atoms with van der Waals surface area (Å²) in [7, 11) is 0. The van der Waals surface area contributed by atoms with Crippen molar-refractivity contribution in [3.8, 4) is 11.4 Å². The second kappa shape index (κ2) is 8.26. The zero-order valence-electron chi connectivity index (χ0n) is 14.0. The van der Waals surface area contributed by atoms with E-state index in [0.29, 0.717) is 36.4 Å². The van der Waals surface area contributed by atoms with Crippen LogP contribution in [-0.4, -0.2) is 64.6 Å². The third kappa shape index (κ3) is 5.01. The maximum atomic E-state index is 11.5. The summed E-state index contributed by atoms with van der Waals surface area (Å²) < 4.78 is 5.32. The van der Waals surface area contributed by atoms with Crippen LogP contribution in [0.1, 0.15) is 5.89 Å². The summed E-state index contributed by atoms with van der Waals surface area (Å²) >= 11 is 5.88. The van der Waals surface area contributed by atoms with E-state index < -0.39 is 11.9 Å². The monoisotopic (exact) mass is 378 g/mol. The van der Waals surface area contributed by atoms with Gasteiger partial charge in [-0.3, -0.25) is 19.9 Å². The number of carbonyl (C=O) groups excluding carboxylic acids is 2. The number of urea groups is 1. The van der Waals surface area contributed by atoms with Gasteiger partial charge in [-0.2, -0.15) is 4.98 Å². The molecule has 9 nitrogen and oxygen atoms in total. The first-order chi connectivity index (χ1) is 12.5. The lowest BCUT2D eigenvalue weighted by Crippen LogP contribution is -2.50. The van der Waals surface area contributed by atoms with E-state index in [-0.39, 0.29) is 6.54 Å². The van der Waals surface area contributed by atoms with Crippen molar-refractivity contribution in [2.24, 2.45) is 5.73 Å². The van der Waals surface area contributed by atoms with E-state index in [4.69, 9.17) is 21.9 Å². The number of halogens is 1. The van der Waals surface area contributed by atoms with Gasteiger partial charge in [0.25, 0.3) is 0 Å². The molecule has 10 heteroatoms. The third-order valence-corrected chi connectivity index (χ3v) is 4.28. The van der Waals surface area contributed by atoms with Gasteiger partial charge in [-0.05, 0) is 24.3 Å². The highest BCUT2D eigenvalue weighted by Crippen LogP contribution is 2.19. The van der Waals surface area contributed by atoms with Gasteiger partial charge in [-0.15, -0.1) is 0 Å². The van der Waals surface area contributed by atoms with Gasteiger partial charge < -0.3 is 10.3 Å². The van der Waals surface area contributed by atoms with Gasteiger partial charge in [0.1, 0.15) is 0 Å². The van der Waals surface area contributed by atoms with Crippen LogP contribution in [0.3, 0.4) is 0 Å². The molecule has 0 saturated carbocycles. The van der Waals surface area contributed by atoms with Crippen LogP contribution in [0.15, 0.2) is 28.8 Å². The first kappa shape index (κ1) is 18.3. The SMILES string of the molecule is NC(=O)NC(=O)CN1CCN(Cc2nc(-c3ccc(Cl)cc3)no2)CC1. The highest BCUT2D eigenvalue weighted by molar-refractivity contribution is 6.30. The van der Waals surface area contributed by atoms with Crippen molar-refractivity contribution in [1.29, 1.82) is 0 Å². The molecular formula is C16H19ClN6O3. The fourth-order valence-electron chi connectivity index (χ4n) is 2.71. The van der Waals surface area contributed by atoms with E-state index in [0.717, 1.165) is 18.7 Å². The van der Waals surface area contributed by atoms with Crippen LogP contribution in [0.5, 0.6) is 0 Å². The molecule has 1 saturated heterocycles. The molecule has 2 aromatic rings. The number of nitrogens with zero attached hydrogens (tertiary/aromatic N) is 4. The van der Waals surface area contributed by atoms with Crippen LogP contribution in [-0.2, 0) is 11.3 Å². The topological polar surface area (TPSA) is 118 Å². The molecule has 138 valence electrons. The van der Waals surface area contributed by atoms with Crippen LogP contribution in [0.25, 0.3) is 11.4 Å². The fraction of sp³-hybridized carbons (Fsp3) is 0.375. The largest absolute Gasteiger partial charge is 0.351 e. The van der Waals surface area contributed by atoms with E-state index in [1.165, 1.54) is 0 Å². The minimum Gasteiger partial charge on any atom is -0.351 e. The van der Waals surface area contributed by atoms with Gasteiger partial charge in [-0.1, -0.05) is 16.8 Å². The second-order valence-electron chi connectivity index (χ2n) is 5.98. The average Bonchev–Trinajstić information content (AvgIpc) is 3.05. The Morgan fingerprint density at radius 3 is 2.46 bits per heavy atom. The number of carbonyl (C=O) groups is 2. The number of hydrogen-bond acceptors (Lipinski definition) is 7. The second-order valence-corrected chi connectivity index (χ2v) is 6.42. The number of benzene rings is 1. The Kier molecular flexibility index (Phi) is 5.82. The Morgan fingerprint density at radius 2 is 1.81 bits per heavy atom. The third-order valence-electron chi connectivity index (χ3n) is 4.02. The highest BCUT2D eigenvalue weighted by atomic mass is 35.5. The number of rotatable bonds is 5. The summed E-state index contributed by atoms with van der Waals surface area (Å²) in [6, 6.07) is 6.40. The Morgan fingerprint density at radius 1 is 1.15 bits per heavy atom. The van der Waals surface area contributed by atoms with E-state index in [1.54, 1.807) is 12.1 Å². The molecule has 3 N–H and O–H groups in total. The van der Waals surface area contributed by atoms with Crippen LogP contribution < -0.4 is 11.1 Å². The van der Waals surface area contributed by atoms with Crippen LogP contribution in [0.4, 0.5) is 4.79 Å². The highest BCUT2D eigenvalue weighted by Gasteiger charge is 2.21. The first-order valence-electron chi connectivity index (χ1n) is 8.12. The molecule has 1 aromatic heterocycles. The van der Waals surface area contributed by atoms with E-state index in [1.807, 2.05) is 17.0 Å². The molecule has 0 unspecified atom stereocenters. The summed E-state index contributed by atoms with van der Waals surface area (Å²) in [6.07, 6.45) is 0. The lowest BCUT2D eigenvalue weighted by atomic mass is 10.2. The molecule has 1 aromatic carbocycles. The molecule has 0 spiro atoms. The molecular weight excluding hydrogens is 360 g/mol. The molecule has 3 rings (SSSR count). The van der Waals surface area contributed by atoms with Crippen molar-refractivity contribution < 1.29 is 14.1 Å². The Bertz CT molecular complexity index is 771. The summed E-state index contributed by atoms with van der Waals surface area (Å²) in [6.45, 7) is 3.60. The number of amides is 3. The van der Waals surface area contributed by atoms with Crippen LogP contribution in [0.2, 0.25) is 5.02 Å². The molecule has 1 aliphatic heterocycles. The number of nitrogens with two attached hydrogens (primary N) is 1. The molecule has 2 heterocycles. The van der Waals surface area contributed by atoms with E-state index >= 15 is 0 Å². The summed E-state index contributed by atoms with van der Waals surface area (Å²) in [4.78, 5) is 30.7. The molecule has 0 radical (unpaired) electrons. The molecule has 0 atom stereocenters. The number of primary amides is 1. The van der Waals surface area contributed by atoms with Crippen LogP contribution in [0, 0.1) is 0 Å². The van der Waals surface area contributed by atoms with Gasteiger partial charge in [0.15, 0.2) is 0 Å². The Labute approximate surface area is 155 Å². The number of piperazine rings is 1. The number of nitrogens with one attached hydrogen (secondary N) is 1. The standard InChI is InChI=1S/C16H19ClN6O3/c17-12-3-1-11(2-4-12)15-20-14(26-21-15)10-23-7-5-22(6-8-23)9-13(24)19-16(18)25/h1-4H,5-10H2,(H3,18,19,24,25). The molecule has 1 aliphatic rings. The van der Waals surface area contributed by atoms with Crippen LogP contribution >= 0.6 is 11.6 Å². The van der Waals surface area contributed by atoms with Gasteiger partial charge in [0.05, 0.1) is 13.1 Å². The molecule has 3 amide bonds. The maximum absolute atomic E-state index is 11.5. The van der Waals surface area contributed by atoms with Gasteiger partial charge >= 0.3 is 6.03 Å². The zero-order chi connectivity index (χ0) is 18.5. The maximum Gasteiger partial charge on any atom is 0.318 e. The minimum atomic E-state index is -0.832. The van der Waals surface area contributed by atoms with E-state index in [2.05, 4.69) is 20.4 Å². The quantitative estimate of drug-likeness (QED) is 0.786. The fourth-order valence-corrected chi connectivity index (χ4v) is 2.84. The van der Waals surface area contributed by atoms with Gasteiger partial charge in [0.2, 0.25) is 17.6 Å². The number of imide groups is 1. The summed E-state index contributed by atoms with van der Waals surface area (Å²) in [5.74, 6) is 0.670. The van der Waals surface area contributed by atoms with Crippen molar-refractivity contribution in [3.05, 3.63) is 35.2 Å².